The molecular formula is C17H18ClF2N. The fourth-order valence-electron chi connectivity index (χ4n) is 2.24. The Labute approximate surface area is 128 Å². The second-order valence-corrected chi connectivity index (χ2v) is 5.42. The molecule has 1 N–H and O–H groups in total. The number of rotatable bonds is 5. The predicted octanol–water partition coefficient (Wildman–Crippen LogP) is 5.35. The van der Waals surface area contributed by atoms with E-state index in [1.807, 2.05) is 13.0 Å². The predicted molar refractivity (Wildman–Crippen MR) is 83.5 cm³/mol. The third-order valence-electron chi connectivity index (χ3n) is 3.43. The number of hydrogen-bond acceptors (Lipinski definition) is 1. The average molecular weight is 310 g/mol. The normalized spacial score (nSPS) is 12.4. The van der Waals surface area contributed by atoms with E-state index in [4.69, 9.17) is 11.6 Å². The van der Waals surface area contributed by atoms with Gasteiger partial charge in [-0.15, -0.1) is 0 Å². The SMILES string of the molecule is CCCNC(C)c1ccc(-c2cccc(F)c2F)cc1Cl. The van der Waals surface area contributed by atoms with E-state index in [1.54, 1.807) is 18.2 Å². The van der Waals surface area contributed by atoms with E-state index in [9.17, 15) is 8.78 Å². The topological polar surface area (TPSA) is 12.0 Å². The first kappa shape index (κ1) is 15.9. The molecule has 2 rings (SSSR count). The molecule has 0 aliphatic carbocycles. The second kappa shape index (κ2) is 7.01. The van der Waals surface area contributed by atoms with E-state index in [1.165, 1.54) is 6.07 Å². The standard InChI is InChI=1S/C17H18ClF2N/c1-3-9-21-11(2)13-8-7-12(10-15(13)18)14-5-4-6-16(19)17(14)20/h4-8,10-11,21H,3,9H2,1-2H3. The molecule has 0 saturated heterocycles. The van der Waals surface area contributed by atoms with Crippen LogP contribution >= 0.6 is 11.6 Å². The number of hydrogen-bond donors (Lipinski definition) is 1. The van der Waals surface area contributed by atoms with E-state index in [-0.39, 0.29) is 11.6 Å². The fourth-order valence-corrected chi connectivity index (χ4v) is 2.59. The van der Waals surface area contributed by atoms with Crippen LogP contribution < -0.4 is 5.32 Å². The van der Waals surface area contributed by atoms with Gasteiger partial charge in [-0.1, -0.05) is 42.8 Å². The molecule has 0 heterocycles. The third-order valence-corrected chi connectivity index (χ3v) is 3.76. The highest BCUT2D eigenvalue weighted by Gasteiger charge is 2.13. The summed E-state index contributed by atoms with van der Waals surface area (Å²) in [7, 11) is 0. The Hall–Kier alpha value is -1.45. The molecule has 112 valence electrons. The van der Waals surface area contributed by atoms with Crippen molar-refractivity contribution in [3.63, 3.8) is 0 Å². The molecule has 21 heavy (non-hydrogen) atoms. The molecule has 1 unspecified atom stereocenters. The van der Waals surface area contributed by atoms with E-state index in [0.29, 0.717) is 10.6 Å². The van der Waals surface area contributed by atoms with Crippen molar-refractivity contribution in [1.29, 1.82) is 0 Å². The lowest BCUT2D eigenvalue weighted by molar-refractivity contribution is 0.511. The molecule has 0 aromatic heterocycles. The minimum absolute atomic E-state index is 0.115. The minimum atomic E-state index is -0.856. The van der Waals surface area contributed by atoms with Crippen LogP contribution in [0.5, 0.6) is 0 Å². The van der Waals surface area contributed by atoms with Crippen LogP contribution in [0.4, 0.5) is 8.78 Å². The summed E-state index contributed by atoms with van der Waals surface area (Å²) < 4.78 is 27.1. The quantitative estimate of drug-likeness (QED) is 0.785. The Balaban J connectivity index is 2.33. The second-order valence-electron chi connectivity index (χ2n) is 5.01. The lowest BCUT2D eigenvalue weighted by Gasteiger charge is -2.16. The van der Waals surface area contributed by atoms with Crippen LogP contribution in [0.25, 0.3) is 11.1 Å². The summed E-state index contributed by atoms with van der Waals surface area (Å²) in [6.45, 7) is 5.02. The van der Waals surface area contributed by atoms with Crippen molar-refractivity contribution in [3.8, 4) is 11.1 Å². The van der Waals surface area contributed by atoms with Gasteiger partial charge in [-0.05, 0) is 43.1 Å². The molecule has 0 aliphatic rings. The lowest BCUT2D eigenvalue weighted by Crippen LogP contribution is -2.19. The van der Waals surface area contributed by atoms with Gasteiger partial charge in [0.05, 0.1) is 0 Å². The van der Waals surface area contributed by atoms with Crippen molar-refractivity contribution < 1.29 is 8.78 Å². The maximum absolute atomic E-state index is 13.8. The molecule has 0 fully saturated rings. The first-order valence-corrected chi connectivity index (χ1v) is 7.39. The van der Waals surface area contributed by atoms with Gasteiger partial charge >= 0.3 is 0 Å². The number of nitrogens with one attached hydrogen (secondary N) is 1. The molecular weight excluding hydrogens is 292 g/mol. The third kappa shape index (κ3) is 3.60. The first-order valence-electron chi connectivity index (χ1n) is 7.01. The summed E-state index contributed by atoms with van der Waals surface area (Å²) in [5.74, 6) is -1.70. The molecule has 0 radical (unpaired) electrons. The van der Waals surface area contributed by atoms with Crippen molar-refractivity contribution >= 4 is 11.6 Å². The molecule has 0 spiro atoms. The zero-order valence-corrected chi connectivity index (χ0v) is 12.8. The van der Waals surface area contributed by atoms with Gasteiger partial charge in [0.25, 0.3) is 0 Å². The lowest BCUT2D eigenvalue weighted by atomic mass is 10.0. The van der Waals surface area contributed by atoms with Crippen molar-refractivity contribution in [3.05, 3.63) is 58.6 Å². The summed E-state index contributed by atoms with van der Waals surface area (Å²) in [6.07, 6.45) is 1.04. The van der Waals surface area contributed by atoms with Crippen molar-refractivity contribution in [2.45, 2.75) is 26.3 Å². The monoisotopic (exact) mass is 309 g/mol. The molecule has 2 aromatic rings. The Morgan fingerprint density at radius 3 is 2.62 bits per heavy atom. The van der Waals surface area contributed by atoms with E-state index in [0.717, 1.165) is 24.6 Å². The smallest absolute Gasteiger partial charge is 0.166 e. The summed E-state index contributed by atoms with van der Waals surface area (Å²) >= 11 is 6.29. The molecule has 0 aliphatic heterocycles. The number of benzene rings is 2. The average Bonchev–Trinajstić information content (AvgIpc) is 2.47. The molecule has 0 amide bonds. The summed E-state index contributed by atoms with van der Waals surface area (Å²) in [4.78, 5) is 0. The van der Waals surface area contributed by atoms with Crippen LogP contribution in [0.2, 0.25) is 5.02 Å². The highest BCUT2D eigenvalue weighted by Crippen LogP contribution is 2.31. The van der Waals surface area contributed by atoms with Gasteiger partial charge < -0.3 is 5.32 Å². The van der Waals surface area contributed by atoms with E-state index < -0.39 is 11.6 Å². The van der Waals surface area contributed by atoms with Gasteiger partial charge in [-0.25, -0.2) is 8.78 Å². The van der Waals surface area contributed by atoms with Gasteiger partial charge in [0.2, 0.25) is 0 Å². The summed E-state index contributed by atoms with van der Waals surface area (Å²) in [5.41, 5.74) is 1.74. The van der Waals surface area contributed by atoms with Crippen molar-refractivity contribution in [2.24, 2.45) is 0 Å². The van der Waals surface area contributed by atoms with Gasteiger partial charge in [0.1, 0.15) is 0 Å². The largest absolute Gasteiger partial charge is 0.310 e. The number of halogens is 3. The minimum Gasteiger partial charge on any atom is -0.310 e. The van der Waals surface area contributed by atoms with Gasteiger partial charge in [0.15, 0.2) is 11.6 Å². The Morgan fingerprint density at radius 1 is 1.19 bits per heavy atom. The van der Waals surface area contributed by atoms with Gasteiger partial charge in [-0.2, -0.15) is 0 Å². The zero-order chi connectivity index (χ0) is 15.4. The van der Waals surface area contributed by atoms with Crippen LogP contribution in [0.1, 0.15) is 31.9 Å². The summed E-state index contributed by atoms with van der Waals surface area (Å²) in [6, 6.07) is 9.55. The van der Waals surface area contributed by atoms with Crippen LogP contribution in [-0.4, -0.2) is 6.54 Å². The van der Waals surface area contributed by atoms with Gasteiger partial charge in [0, 0.05) is 16.6 Å². The van der Waals surface area contributed by atoms with Crippen LogP contribution in [0.3, 0.4) is 0 Å². The maximum atomic E-state index is 13.8. The van der Waals surface area contributed by atoms with E-state index in [2.05, 4.69) is 12.2 Å². The summed E-state index contributed by atoms with van der Waals surface area (Å²) in [5, 5.41) is 3.90. The molecule has 4 heteroatoms. The van der Waals surface area contributed by atoms with Crippen molar-refractivity contribution in [1.82, 2.24) is 5.32 Å². The van der Waals surface area contributed by atoms with Gasteiger partial charge in [-0.3, -0.25) is 0 Å². The van der Waals surface area contributed by atoms with Crippen LogP contribution in [0.15, 0.2) is 36.4 Å². The highest BCUT2D eigenvalue weighted by molar-refractivity contribution is 6.31. The Bertz CT molecular complexity index is 628. The molecule has 0 bridgehead atoms. The maximum Gasteiger partial charge on any atom is 0.166 e. The molecule has 1 nitrogen and oxygen atoms in total. The Kier molecular flexibility index (Phi) is 5.32. The Morgan fingerprint density at radius 2 is 1.95 bits per heavy atom. The molecule has 1 atom stereocenters. The van der Waals surface area contributed by atoms with E-state index >= 15 is 0 Å². The first-order chi connectivity index (χ1) is 10.0. The molecule has 0 saturated carbocycles. The van der Waals surface area contributed by atoms with Crippen molar-refractivity contribution in [2.75, 3.05) is 6.54 Å². The fraction of sp³-hybridized carbons (Fsp3) is 0.294. The zero-order valence-electron chi connectivity index (χ0n) is 12.1. The van der Waals surface area contributed by atoms with Crippen LogP contribution in [0, 0.1) is 11.6 Å². The molecule has 2 aromatic carbocycles. The highest BCUT2D eigenvalue weighted by atomic mass is 35.5. The van der Waals surface area contributed by atoms with Crippen LogP contribution in [-0.2, 0) is 0 Å².